The van der Waals surface area contributed by atoms with Gasteiger partial charge in [0, 0.05) is 19.3 Å². The van der Waals surface area contributed by atoms with Crippen LogP contribution in [0.2, 0.25) is 0 Å². The van der Waals surface area contributed by atoms with Crippen molar-refractivity contribution in [1.82, 2.24) is 9.80 Å². The summed E-state index contributed by atoms with van der Waals surface area (Å²) in [7, 11) is 2.96. The third-order valence-electron chi connectivity index (χ3n) is 5.00. The highest BCUT2D eigenvalue weighted by atomic mass is 32.1. The highest BCUT2D eigenvalue weighted by molar-refractivity contribution is 7.80. The van der Waals surface area contributed by atoms with E-state index in [0.29, 0.717) is 22.9 Å². The van der Waals surface area contributed by atoms with E-state index in [9.17, 15) is 14.4 Å². The number of unbranched alkanes of at least 4 members (excludes halogenated alkanes) is 4. The number of thiocarbonyl (C=S) groups is 1. The van der Waals surface area contributed by atoms with Gasteiger partial charge in [-0.2, -0.15) is 0 Å². The number of carbonyl (C=O) groups is 3. The molecule has 1 atom stereocenters. The summed E-state index contributed by atoms with van der Waals surface area (Å²) < 4.78 is 4.66. The van der Waals surface area contributed by atoms with Gasteiger partial charge >= 0.3 is 5.97 Å². The number of nitrogens with zero attached hydrogens (tertiary/aromatic N) is 2. The summed E-state index contributed by atoms with van der Waals surface area (Å²) in [6.07, 6.45) is 5.58. The Kier molecular flexibility index (Phi) is 8.57. The summed E-state index contributed by atoms with van der Waals surface area (Å²) >= 11 is 5.41. The summed E-state index contributed by atoms with van der Waals surface area (Å²) in [6, 6.07) is 5.83. The first-order chi connectivity index (χ1) is 13.9. The van der Waals surface area contributed by atoms with Gasteiger partial charge in [-0.05, 0) is 42.9 Å². The number of esters is 1. The monoisotopic (exact) mass is 419 g/mol. The number of benzene rings is 1. The Morgan fingerprint density at radius 3 is 2.41 bits per heavy atom. The second kappa shape index (κ2) is 10.9. The van der Waals surface area contributed by atoms with Crippen LogP contribution in [0.4, 0.5) is 5.69 Å². The van der Waals surface area contributed by atoms with E-state index in [-0.39, 0.29) is 18.2 Å². The van der Waals surface area contributed by atoms with Crippen LogP contribution in [0, 0.1) is 0 Å². The molecule has 1 fully saturated rings. The molecular weight excluding hydrogens is 390 g/mol. The first-order valence-electron chi connectivity index (χ1n) is 9.95. The molecule has 1 aliphatic heterocycles. The van der Waals surface area contributed by atoms with Gasteiger partial charge in [-0.1, -0.05) is 32.6 Å². The normalized spacial score (nSPS) is 16.3. The van der Waals surface area contributed by atoms with E-state index in [0.717, 1.165) is 19.3 Å². The Hall–Kier alpha value is -2.48. The Balaban J connectivity index is 1.95. The number of ether oxygens (including phenoxy) is 1. The molecule has 7 nitrogen and oxygen atoms in total. The van der Waals surface area contributed by atoms with E-state index >= 15 is 0 Å². The molecule has 1 aromatic rings. The van der Waals surface area contributed by atoms with Crippen molar-refractivity contribution in [1.29, 1.82) is 0 Å². The predicted octanol–water partition coefficient (Wildman–Crippen LogP) is 3.20. The summed E-state index contributed by atoms with van der Waals surface area (Å²) in [5.41, 5.74) is 0.952. The van der Waals surface area contributed by atoms with Crippen molar-refractivity contribution in [2.75, 3.05) is 26.0 Å². The molecule has 0 aromatic heterocycles. The number of likely N-dealkylation sites (N-methyl/N-ethyl adjacent to an activating group) is 1. The zero-order chi connectivity index (χ0) is 21.4. The van der Waals surface area contributed by atoms with Gasteiger partial charge in [-0.15, -0.1) is 0 Å². The van der Waals surface area contributed by atoms with Gasteiger partial charge in [0.2, 0.25) is 5.91 Å². The van der Waals surface area contributed by atoms with Crippen LogP contribution < -0.4 is 5.32 Å². The molecule has 29 heavy (non-hydrogen) atoms. The molecule has 2 rings (SSSR count). The van der Waals surface area contributed by atoms with Gasteiger partial charge in [0.15, 0.2) is 5.11 Å². The largest absolute Gasteiger partial charge is 0.465 e. The Morgan fingerprint density at radius 1 is 1.14 bits per heavy atom. The number of amides is 2. The van der Waals surface area contributed by atoms with Crippen LogP contribution in [-0.4, -0.2) is 59.4 Å². The van der Waals surface area contributed by atoms with Crippen molar-refractivity contribution < 1.29 is 19.1 Å². The molecule has 1 unspecified atom stereocenters. The SMILES string of the molecule is CCCCCCCN1C(=S)N(C)C(=O)C1CC(=O)Nc1ccc(C(=O)OC)cc1. The zero-order valence-corrected chi connectivity index (χ0v) is 18.1. The highest BCUT2D eigenvalue weighted by Crippen LogP contribution is 2.21. The van der Waals surface area contributed by atoms with E-state index in [2.05, 4.69) is 17.0 Å². The molecule has 8 heteroatoms. The lowest BCUT2D eigenvalue weighted by Gasteiger charge is -2.23. The smallest absolute Gasteiger partial charge is 0.337 e. The van der Waals surface area contributed by atoms with E-state index in [1.165, 1.54) is 24.9 Å². The van der Waals surface area contributed by atoms with Gasteiger partial charge in [0.1, 0.15) is 6.04 Å². The predicted molar refractivity (Wildman–Crippen MR) is 116 cm³/mol. The lowest BCUT2D eigenvalue weighted by Crippen LogP contribution is -2.38. The molecule has 0 bridgehead atoms. The maximum absolute atomic E-state index is 12.6. The molecule has 0 aliphatic carbocycles. The van der Waals surface area contributed by atoms with Crippen LogP contribution in [0.5, 0.6) is 0 Å². The van der Waals surface area contributed by atoms with Crippen LogP contribution >= 0.6 is 12.2 Å². The second-order valence-corrected chi connectivity index (χ2v) is 7.49. The van der Waals surface area contributed by atoms with Crippen molar-refractivity contribution in [2.24, 2.45) is 0 Å². The van der Waals surface area contributed by atoms with E-state index in [1.54, 1.807) is 31.3 Å². The molecule has 0 radical (unpaired) electrons. The van der Waals surface area contributed by atoms with Gasteiger partial charge < -0.3 is 15.0 Å². The van der Waals surface area contributed by atoms with Crippen LogP contribution in [0.1, 0.15) is 55.8 Å². The standard InChI is InChI=1S/C21H29N3O4S/c1-4-5-6-7-8-13-24-17(19(26)23(2)21(24)29)14-18(25)22-16-11-9-15(10-12-16)20(27)28-3/h9-12,17H,4-8,13-14H2,1-3H3,(H,22,25). The minimum absolute atomic E-state index is 0.0248. The summed E-state index contributed by atoms with van der Waals surface area (Å²) in [4.78, 5) is 39.9. The quantitative estimate of drug-likeness (QED) is 0.356. The number of hydrogen-bond acceptors (Lipinski definition) is 5. The van der Waals surface area contributed by atoms with Crippen molar-refractivity contribution in [3.63, 3.8) is 0 Å². The van der Waals surface area contributed by atoms with Crippen molar-refractivity contribution >= 4 is 40.8 Å². The second-order valence-electron chi connectivity index (χ2n) is 7.12. The van der Waals surface area contributed by atoms with E-state index in [4.69, 9.17) is 12.2 Å². The Morgan fingerprint density at radius 2 is 1.79 bits per heavy atom. The number of carbonyl (C=O) groups excluding carboxylic acids is 3. The van der Waals surface area contributed by atoms with Gasteiger partial charge in [0.25, 0.3) is 5.91 Å². The van der Waals surface area contributed by atoms with E-state index < -0.39 is 12.0 Å². The van der Waals surface area contributed by atoms with Crippen LogP contribution in [-0.2, 0) is 14.3 Å². The molecule has 2 amide bonds. The molecule has 158 valence electrons. The van der Waals surface area contributed by atoms with Gasteiger partial charge in [0.05, 0.1) is 19.1 Å². The highest BCUT2D eigenvalue weighted by Gasteiger charge is 2.41. The van der Waals surface area contributed by atoms with Crippen molar-refractivity contribution in [2.45, 2.75) is 51.5 Å². The molecular formula is C21H29N3O4S. The average molecular weight is 420 g/mol. The maximum Gasteiger partial charge on any atom is 0.337 e. The summed E-state index contributed by atoms with van der Waals surface area (Å²) in [6.45, 7) is 2.84. The Labute approximate surface area is 177 Å². The van der Waals surface area contributed by atoms with Crippen LogP contribution in [0.15, 0.2) is 24.3 Å². The maximum atomic E-state index is 12.6. The van der Waals surface area contributed by atoms with Crippen LogP contribution in [0.3, 0.4) is 0 Å². The molecule has 1 heterocycles. The van der Waals surface area contributed by atoms with Gasteiger partial charge in [-0.25, -0.2) is 4.79 Å². The van der Waals surface area contributed by atoms with Gasteiger partial charge in [-0.3, -0.25) is 14.5 Å². The lowest BCUT2D eigenvalue weighted by molar-refractivity contribution is -0.130. The minimum Gasteiger partial charge on any atom is -0.465 e. The summed E-state index contributed by atoms with van der Waals surface area (Å²) in [5.74, 6) is -0.867. The molecule has 1 saturated heterocycles. The molecule has 1 aromatic carbocycles. The third-order valence-corrected chi connectivity index (χ3v) is 5.50. The van der Waals surface area contributed by atoms with Crippen molar-refractivity contribution in [3.8, 4) is 0 Å². The molecule has 0 saturated carbocycles. The molecule has 1 aliphatic rings. The minimum atomic E-state index is -0.576. The summed E-state index contributed by atoms with van der Waals surface area (Å²) in [5, 5.41) is 3.25. The number of hydrogen-bond donors (Lipinski definition) is 1. The van der Waals surface area contributed by atoms with Crippen molar-refractivity contribution in [3.05, 3.63) is 29.8 Å². The van der Waals surface area contributed by atoms with E-state index in [1.807, 2.05) is 4.90 Å². The topological polar surface area (TPSA) is 79.0 Å². The first-order valence-corrected chi connectivity index (χ1v) is 10.4. The number of rotatable bonds is 10. The third kappa shape index (κ3) is 6.00. The number of methoxy groups -OCH3 is 1. The first kappa shape index (κ1) is 22.8. The average Bonchev–Trinajstić information content (AvgIpc) is 2.91. The number of anilines is 1. The fourth-order valence-corrected chi connectivity index (χ4v) is 3.62. The Bertz CT molecular complexity index is 751. The number of nitrogens with one attached hydrogen (secondary N) is 1. The zero-order valence-electron chi connectivity index (χ0n) is 17.3. The fourth-order valence-electron chi connectivity index (χ4n) is 3.31. The lowest BCUT2D eigenvalue weighted by atomic mass is 10.1. The molecule has 0 spiro atoms. The molecule has 1 N–H and O–H groups in total. The fraction of sp³-hybridized carbons (Fsp3) is 0.524. The van der Waals surface area contributed by atoms with Crippen LogP contribution in [0.25, 0.3) is 0 Å².